The molecule has 5 heteroatoms. The Morgan fingerprint density at radius 3 is 2.25 bits per heavy atom. The molecule has 2 N–H and O–H groups in total. The Hall–Kier alpha value is -0.810. The van der Waals surface area contributed by atoms with Gasteiger partial charge in [0.05, 0.1) is 0 Å². The predicted molar refractivity (Wildman–Crippen MR) is 82.0 cm³/mol. The van der Waals surface area contributed by atoms with Crippen molar-refractivity contribution in [1.82, 2.24) is 10.6 Å². The molecule has 0 aromatic heterocycles. The zero-order valence-corrected chi connectivity index (χ0v) is 14.1. The van der Waals surface area contributed by atoms with Crippen LogP contribution in [0, 0.1) is 5.92 Å². The predicted octanol–water partition coefficient (Wildman–Crippen LogP) is 2.55. The standard InChI is InChI=1S/C15H32N2O3/c1-11(2)13(17-12(3)8-9-19-7)10-16-14(18)20-15(4,5)6/h11-13,17H,8-10H2,1-7H3,(H,16,18). The number of carbonyl (C=O) groups is 1. The molecule has 0 aliphatic heterocycles. The highest BCUT2D eigenvalue weighted by Gasteiger charge is 2.20. The molecule has 1 amide bonds. The van der Waals surface area contributed by atoms with Crippen LogP contribution >= 0.6 is 0 Å². The van der Waals surface area contributed by atoms with Crippen LogP contribution in [0.25, 0.3) is 0 Å². The zero-order chi connectivity index (χ0) is 15.8. The molecule has 0 saturated carbocycles. The van der Waals surface area contributed by atoms with E-state index in [1.54, 1.807) is 7.11 Å². The van der Waals surface area contributed by atoms with Crippen molar-refractivity contribution < 1.29 is 14.3 Å². The van der Waals surface area contributed by atoms with Gasteiger partial charge >= 0.3 is 6.09 Å². The molecule has 0 heterocycles. The van der Waals surface area contributed by atoms with Crippen molar-refractivity contribution in [2.45, 2.75) is 65.6 Å². The van der Waals surface area contributed by atoms with Crippen LogP contribution in [0.1, 0.15) is 48.0 Å². The van der Waals surface area contributed by atoms with Crippen molar-refractivity contribution in [3.8, 4) is 0 Å². The summed E-state index contributed by atoms with van der Waals surface area (Å²) in [7, 11) is 1.71. The molecule has 0 aliphatic rings. The summed E-state index contributed by atoms with van der Waals surface area (Å²) in [6, 6.07) is 0.567. The first-order chi connectivity index (χ1) is 9.15. The number of amides is 1. The number of ether oxygens (including phenoxy) is 2. The highest BCUT2D eigenvalue weighted by molar-refractivity contribution is 5.67. The van der Waals surface area contributed by atoms with E-state index in [4.69, 9.17) is 9.47 Å². The molecule has 2 atom stereocenters. The van der Waals surface area contributed by atoms with Gasteiger partial charge in [0.25, 0.3) is 0 Å². The molecule has 0 bridgehead atoms. The summed E-state index contributed by atoms with van der Waals surface area (Å²) in [6.45, 7) is 13.3. The van der Waals surface area contributed by atoms with E-state index in [1.165, 1.54) is 0 Å². The number of methoxy groups -OCH3 is 1. The molecule has 20 heavy (non-hydrogen) atoms. The summed E-state index contributed by atoms with van der Waals surface area (Å²) < 4.78 is 10.3. The van der Waals surface area contributed by atoms with E-state index in [9.17, 15) is 4.79 Å². The third kappa shape index (κ3) is 10.0. The fraction of sp³-hybridized carbons (Fsp3) is 0.933. The second kappa shape index (κ2) is 9.19. The lowest BCUT2D eigenvalue weighted by atomic mass is 10.0. The van der Waals surface area contributed by atoms with Crippen LogP contribution in [0.3, 0.4) is 0 Å². The maximum Gasteiger partial charge on any atom is 0.407 e. The summed E-state index contributed by atoms with van der Waals surface area (Å²) in [4.78, 5) is 11.7. The van der Waals surface area contributed by atoms with Crippen molar-refractivity contribution in [3.05, 3.63) is 0 Å². The Kier molecular flexibility index (Phi) is 8.81. The first-order valence-electron chi connectivity index (χ1n) is 7.37. The molecule has 0 saturated heterocycles. The van der Waals surface area contributed by atoms with E-state index in [0.29, 0.717) is 18.5 Å². The fourth-order valence-electron chi connectivity index (χ4n) is 1.74. The van der Waals surface area contributed by atoms with Crippen molar-refractivity contribution in [2.75, 3.05) is 20.3 Å². The van der Waals surface area contributed by atoms with Crippen molar-refractivity contribution >= 4 is 6.09 Å². The quantitative estimate of drug-likeness (QED) is 0.720. The van der Waals surface area contributed by atoms with Gasteiger partial charge in [-0.25, -0.2) is 4.79 Å². The van der Waals surface area contributed by atoms with Gasteiger partial charge in [-0.2, -0.15) is 0 Å². The monoisotopic (exact) mass is 288 g/mol. The van der Waals surface area contributed by atoms with Crippen molar-refractivity contribution in [1.29, 1.82) is 0 Å². The van der Waals surface area contributed by atoms with Gasteiger partial charge in [0.15, 0.2) is 0 Å². The molecule has 0 aromatic rings. The van der Waals surface area contributed by atoms with E-state index in [-0.39, 0.29) is 12.1 Å². The summed E-state index contributed by atoms with van der Waals surface area (Å²) in [5.41, 5.74) is -0.462. The number of nitrogens with one attached hydrogen (secondary N) is 2. The molecule has 0 aliphatic carbocycles. The Morgan fingerprint density at radius 1 is 1.20 bits per heavy atom. The molecule has 0 rings (SSSR count). The van der Waals surface area contributed by atoms with E-state index in [1.807, 2.05) is 20.8 Å². The van der Waals surface area contributed by atoms with Crippen molar-refractivity contribution in [2.24, 2.45) is 5.92 Å². The molecular weight excluding hydrogens is 256 g/mol. The third-order valence-electron chi connectivity index (χ3n) is 2.92. The Labute approximate surface area is 123 Å². The Balaban J connectivity index is 4.18. The van der Waals surface area contributed by atoms with Gasteiger partial charge < -0.3 is 20.1 Å². The highest BCUT2D eigenvalue weighted by Crippen LogP contribution is 2.07. The summed E-state index contributed by atoms with van der Waals surface area (Å²) in [5, 5.41) is 6.35. The lowest BCUT2D eigenvalue weighted by molar-refractivity contribution is 0.0517. The van der Waals surface area contributed by atoms with Crippen LogP contribution in [0.15, 0.2) is 0 Å². The van der Waals surface area contributed by atoms with Crippen LogP contribution in [-0.4, -0.2) is 44.0 Å². The number of alkyl carbamates (subject to hydrolysis) is 1. The fourth-order valence-corrected chi connectivity index (χ4v) is 1.74. The molecule has 0 spiro atoms. The van der Waals surface area contributed by atoms with E-state index in [2.05, 4.69) is 31.4 Å². The molecule has 0 fully saturated rings. The van der Waals surface area contributed by atoms with Gasteiger partial charge in [0.2, 0.25) is 0 Å². The summed E-state index contributed by atoms with van der Waals surface area (Å²) >= 11 is 0. The summed E-state index contributed by atoms with van der Waals surface area (Å²) in [6.07, 6.45) is 0.584. The smallest absolute Gasteiger partial charge is 0.407 e. The molecule has 120 valence electrons. The van der Waals surface area contributed by atoms with Crippen LogP contribution in [0.2, 0.25) is 0 Å². The van der Waals surface area contributed by atoms with Crippen LogP contribution in [-0.2, 0) is 9.47 Å². The van der Waals surface area contributed by atoms with Crippen LogP contribution < -0.4 is 10.6 Å². The van der Waals surface area contributed by atoms with Crippen molar-refractivity contribution in [3.63, 3.8) is 0 Å². The number of hydrogen-bond acceptors (Lipinski definition) is 4. The average molecular weight is 288 g/mol. The maximum absolute atomic E-state index is 11.7. The molecule has 2 unspecified atom stereocenters. The SMILES string of the molecule is COCCC(C)NC(CNC(=O)OC(C)(C)C)C(C)C. The number of carbonyl (C=O) groups excluding carboxylic acids is 1. The lowest BCUT2D eigenvalue weighted by Gasteiger charge is -2.27. The van der Waals surface area contributed by atoms with Gasteiger partial charge in [-0.3, -0.25) is 0 Å². The second-order valence-corrected chi connectivity index (χ2v) is 6.58. The normalized spacial score (nSPS) is 15.0. The molecule has 0 aromatic carbocycles. The first-order valence-corrected chi connectivity index (χ1v) is 7.37. The molecule has 0 radical (unpaired) electrons. The Bertz CT molecular complexity index is 275. The minimum Gasteiger partial charge on any atom is -0.444 e. The Morgan fingerprint density at radius 2 is 1.80 bits per heavy atom. The minimum absolute atomic E-state index is 0.217. The van der Waals surface area contributed by atoms with Gasteiger partial charge in [-0.15, -0.1) is 0 Å². The van der Waals surface area contributed by atoms with Gasteiger partial charge in [-0.05, 0) is 40.0 Å². The van der Waals surface area contributed by atoms with E-state index >= 15 is 0 Å². The van der Waals surface area contributed by atoms with E-state index in [0.717, 1.165) is 13.0 Å². The minimum atomic E-state index is -0.462. The second-order valence-electron chi connectivity index (χ2n) is 6.58. The van der Waals surface area contributed by atoms with Crippen LogP contribution in [0.4, 0.5) is 4.79 Å². The zero-order valence-electron chi connectivity index (χ0n) is 14.1. The third-order valence-corrected chi connectivity index (χ3v) is 2.92. The lowest BCUT2D eigenvalue weighted by Crippen LogP contribution is -2.48. The van der Waals surface area contributed by atoms with Gasteiger partial charge in [0, 0.05) is 32.3 Å². The van der Waals surface area contributed by atoms with E-state index < -0.39 is 5.60 Å². The number of hydrogen-bond donors (Lipinski definition) is 2. The van der Waals surface area contributed by atoms with Gasteiger partial charge in [0.1, 0.15) is 5.60 Å². The topological polar surface area (TPSA) is 59.6 Å². The largest absolute Gasteiger partial charge is 0.444 e. The number of rotatable bonds is 8. The molecular formula is C15H32N2O3. The highest BCUT2D eigenvalue weighted by atomic mass is 16.6. The molecule has 5 nitrogen and oxygen atoms in total. The average Bonchev–Trinajstić information content (AvgIpc) is 2.29. The van der Waals surface area contributed by atoms with Gasteiger partial charge in [-0.1, -0.05) is 13.8 Å². The van der Waals surface area contributed by atoms with Crippen LogP contribution in [0.5, 0.6) is 0 Å². The summed E-state index contributed by atoms with van der Waals surface area (Å²) in [5.74, 6) is 0.426. The maximum atomic E-state index is 11.7. The first kappa shape index (κ1) is 19.2.